The Bertz CT molecular complexity index is 593. The number of ether oxygens (including phenoxy) is 2. The lowest BCUT2D eigenvalue weighted by atomic mass is 10.0. The molecule has 2 aromatic rings. The Morgan fingerprint density at radius 2 is 1.43 bits per heavy atom. The molecule has 112 valence electrons. The summed E-state index contributed by atoms with van der Waals surface area (Å²) in [5.74, 6) is 1.26. The van der Waals surface area contributed by atoms with Crippen LogP contribution in [-0.2, 0) is 0 Å². The molecule has 0 heterocycles. The van der Waals surface area contributed by atoms with Gasteiger partial charge < -0.3 is 19.5 Å². The van der Waals surface area contributed by atoms with Crippen LogP contribution in [0.2, 0.25) is 0 Å². The van der Waals surface area contributed by atoms with Gasteiger partial charge in [-0.25, -0.2) is 0 Å². The molecule has 0 fully saturated rings. The van der Waals surface area contributed by atoms with Crippen LogP contribution in [0.25, 0.3) is 0 Å². The maximum Gasteiger partial charge on any atom is 0.161 e. The first-order valence-electron chi connectivity index (χ1n) is 6.74. The molecule has 2 aromatic carbocycles. The third kappa shape index (κ3) is 3.28. The van der Waals surface area contributed by atoms with Crippen molar-refractivity contribution < 1.29 is 14.6 Å². The lowest BCUT2D eigenvalue weighted by molar-refractivity contribution is 0.219. The number of hydrogen-bond acceptors (Lipinski definition) is 4. The highest BCUT2D eigenvalue weighted by Crippen LogP contribution is 2.32. The van der Waals surface area contributed by atoms with Crippen LogP contribution in [0, 0.1) is 0 Å². The molecule has 21 heavy (non-hydrogen) atoms. The molecule has 0 bridgehead atoms. The fraction of sp³-hybridized carbons (Fsp3) is 0.294. The highest BCUT2D eigenvalue weighted by atomic mass is 16.5. The molecular formula is C17H21NO3. The van der Waals surface area contributed by atoms with Crippen LogP contribution >= 0.6 is 0 Å². The van der Waals surface area contributed by atoms with E-state index in [4.69, 9.17) is 9.47 Å². The van der Waals surface area contributed by atoms with E-state index in [-0.39, 0.29) is 0 Å². The van der Waals surface area contributed by atoms with Gasteiger partial charge in [-0.3, -0.25) is 0 Å². The van der Waals surface area contributed by atoms with Gasteiger partial charge in [-0.05, 0) is 35.4 Å². The van der Waals surface area contributed by atoms with Crippen molar-refractivity contribution in [2.24, 2.45) is 0 Å². The summed E-state index contributed by atoms with van der Waals surface area (Å²) in [6.07, 6.45) is -0.694. The van der Waals surface area contributed by atoms with E-state index >= 15 is 0 Å². The summed E-state index contributed by atoms with van der Waals surface area (Å²) in [5.41, 5.74) is 2.70. The fourth-order valence-electron chi connectivity index (χ4n) is 2.17. The van der Waals surface area contributed by atoms with E-state index in [1.54, 1.807) is 26.4 Å². The van der Waals surface area contributed by atoms with Gasteiger partial charge in [0.25, 0.3) is 0 Å². The van der Waals surface area contributed by atoms with E-state index in [9.17, 15) is 5.11 Å². The molecular weight excluding hydrogens is 266 g/mol. The predicted molar refractivity (Wildman–Crippen MR) is 84.4 cm³/mol. The molecule has 0 amide bonds. The summed E-state index contributed by atoms with van der Waals surface area (Å²) in [7, 11) is 7.15. The van der Waals surface area contributed by atoms with Crippen molar-refractivity contribution in [3.8, 4) is 11.5 Å². The second kappa shape index (κ2) is 6.50. The molecule has 1 unspecified atom stereocenters. The van der Waals surface area contributed by atoms with Crippen molar-refractivity contribution in [1.82, 2.24) is 0 Å². The van der Waals surface area contributed by atoms with Crippen molar-refractivity contribution in [3.63, 3.8) is 0 Å². The SMILES string of the molecule is COc1ccc(C(O)c2ccc(N(C)C)cc2)cc1OC. The Kier molecular flexibility index (Phi) is 4.70. The smallest absolute Gasteiger partial charge is 0.161 e. The molecule has 0 aliphatic heterocycles. The molecule has 0 spiro atoms. The molecule has 0 aliphatic rings. The van der Waals surface area contributed by atoms with Crippen LogP contribution in [0.4, 0.5) is 5.69 Å². The Hall–Kier alpha value is -2.20. The Morgan fingerprint density at radius 1 is 0.857 bits per heavy atom. The number of anilines is 1. The van der Waals surface area contributed by atoms with Crippen LogP contribution < -0.4 is 14.4 Å². The van der Waals surface area contributed by atoms with Crippen LogP contribution in [0.15, 0.2) is 42.5 Å². The molecule has 0 aromatic heterocycles. The number of aliphatic hydroxyl groups excluding tert-OH is 1. The van der Waals surface area contributed by atoms with Gasteiger partial charge in [0, 0.05) is 19.8 Å². The normalized spacial score (nSPS) is 11.9. The van der Waals surface area contributed by atoms with E-state index < -0.39 is 6.10 Å². The number of benzene rings is 2. The van der Waals surface area contributed by atoms with Crippen molar-refractivity contribution in [1.29, 1.82) is 0 Å². The Labute approximate surface area is 125 Å². The second-order valence-corrected chi connectivity index (χ2v) is 5.00. The highest BCUT2D eigenvalue weighted by molar-refractivity contribution is 5.49. The largest absolute Gasteiger partial charge is 0.493 e. The van der Waals surface area contributed by atoms with E-state index in [0.717, 1.165) is 16.8 Å². The summed E-state index contributed by atoms with van der Waals surface area (Å²) < 4.78 is 10.5. The zero-order valence-electron chi connectivity index (χ0n) is 12.8. The second-order valence-electron chi connectivity index (χ2n) is 5.00. The topological polar surface area (TPSA) is 41.9 Å². The summed E-state index contributed by atoms with van der Waals surface area (Å²) in [4.78, 5) is 2.02. The fourth-order valence-corrected chi connectivity index (χ4v) is 2.17. The van der Waals surface area contributed by atoms with Crippen LogP contribution in [0.1, 0.15) is 17.2 Å². The Balaban J connectivity index is 2.28. The van der Waals surface area contributed by atoms with Crippen molar-refractivity contribution in [3.05, 3.63) is 53.6 Å². The lowest BCUT2D eigenvalue weighted by Crippen LogP contribution is -2.08. The molecule has 0 aliphatic carbocycles. The number of hydrogen-bond donors (Lipinski definition) is 1. The summed E-state index contributed by atoms with van der Waals surface area (Å²) in [5, 5.41) is 10.5. The van der Waals surface area contributed by atoms with E-state index in [1.165, 1.54) is 0 Å². The van der Waals surface area contributed by atoms with Gasteiger partial charge in [-0.2, -0.15) is 0 Å². The first-order chi connectivity index (χ1) is 10.1. The average Bonchev–Trinajstić information content (AvgIpc) is 2.53. The first-order valence-corrected chi connectivity index (χ1v) is 6.74. The van der Waals surface area contributed by atoms with Crippen LogP contribution in [0.5, 0.6) is 11.5 Å². The number of nitrogens with zero attached hydrogens (tertiary/aromatic N) is 1. The molecule has 0 radical (unpaired) electrons. The highest BCUT2D eigenvalue weighted by Gasteiger charge is 2.13. The quantitative estimate of drug-likeness (QED) is 0.918. The summed E-state index contributed by atoms with van der Waals surface area (Å²) in [6, 6.07) is 13.3. The maximum absolute atomic E-state index is 10.5. The number of methoxy groups -OCH3 is 2. The molecule has 1 atom stereocenters. The lowest BCUT2D eigenvalue weighted by Gasteiger charge is -2.16. The molecule has 1 N–H and O–H groups in total. The molecule has 4 nitrogen and oxygen atoms in total. The third-order valence-corrected chi connectivity index (χ3v) is 3.45. The number of aliphatic hydroxyl groups is 1. The zero-order valence-corrected chi connectivity index (χ0v) is 12.8. The maximum atomic E-state index is 10.5. The van der Waals surface area contributed by atoms with Crippen LogP contribution in [0.3, 0.4) is 0 Å². The minimum Gasteiger partial charge on any atom is -0.493 e. The zero-order chi connectivity index (χ0) is 15.4. The molecule has 0 saturated carbocycles. The van der Waals surface area contributed by atoms with Gasteiger partial charge in [0.15, 0.2) is 11.5 Å². The van der Waals surface area contributed by atoms with Gasteiger partial charge in [0.1, 0.15) is 6.10 Å². The van der Waals surface area contributed by atoms with Crippen LogP contribution in [-0.4, -0.2) is 33.4 Å². The van der Waals surface area contributed by atoms with Crippen molar-refractivity contribution in [2.75, 3.05) is 33.2 Å². The van der Waals surface area contributed by atoms with Gasteiger partial charge >= 0.3 is 0 Å². The third-order valence-electron chi connectivity index (χ3n) is 3.45. The van der Waals surface area contributed by atoms with Gasteiger partial charge in [-0.1, -0.05) is 18.2 Å². The first kappa shape index (κ1) is 15.2. The van der Waals surface area contributed by atoms with Gasteiger partial charge in [-0.15, -0.1) is 0 Å². The van der Waals surface area contributed by atoms with E-state index in [2.05, 4.69) is 0 Å². The van der Waals surface area contributed by atoms with Gasteiger partial charge in [0.05, 0.1) is 14.2 Å². The van der Waals surface area contributed by atoms with Crippen molar-refractivity contribution >= 4 is 5.69 Å². The molecule has 0 saturated heterocycles. The van der Waals surface area contributed by atoms with Crippen molar-refractivity contribution in [2.45, 2.75) is 6.10 Å². The van der Waals surface area contributed by atoms with Gasteiger partial charge in [0.2, 0.25) is 0 Å². The molecule has 2 rings (SSSR count). The molecule has 4 heteroatoms. The van der Waals surface area contributed by atoms with E-state index in [1.807, 2.05) is 49.3 Å². The predicted octanol–water partition coefficient (Wildman–Crippen LogP) is 2.85. The minimum absolute atomic E-state index is 0.610. The number of rotatable bonds is 5. The summed E-state index contributed by atoms with van der Waals surface area (Å²) in [6.45, 7) is 0. The average molecular weight is 287 g/mol. The van der Waals surface area contributed by atoms with E-state index in [0.29, 0.717) is 11.5 Å². The Morgan fingerprint density at radius 3 is 1.95 bits per heavy atom. The summed E-state index contributed by atoms with van der Waals surface area (Å²) >= 11 is 0. The minimum atomic E-state index is -0.694. The standard InChI is InChI=1S/C17H21NO3/c1-18(2)14-8-5-12(6-9-14)17(19)13-7-10-15(20-3)16(11-13)21-4/h5-11,17,19H,1-4H3. The monoisotopic (exact) mass is 287 g/mol.